The van der Waals surface area contributed by atoms with Crippen molar-refractivity contribution < 1.29 is 19.1 Å². The molecule has 0 fully saturated rings. The summed E-state index contributed by atoms with van der Waals surface area (Å²) >= 11 is 6.02. The number of hydrogen-bond donors (Lipinski definition) is 1. The molecule has 1 aromatic rings. The Morgan fingerprint density at radius 1 is 1.23 bits per heavy atom. The zero-order chi connectivity index (χ0) is 18.7. The van der Waals surface area contributed by atoms with Crippen molar-refractivity contribution in [2.24, 2.45) is 0 Å². The summed E-state index contributed by atoms with van der Waals surface area (Å²) in [6.07, 6.45) is 2.11. The van der Waals surface area contributed by atoms with E-state index in [-0.39, 0.29) is 12.4 Å². The number of benzene rings is 1. The zero-order valence-corrected chi connectivity index (χ0v) is 15.7. The van der Waals surface area contributed by atoms with Crippen LogP contribution in [0.3, 0.4) is 0 Å². The molecule has 0 radical (unpaired) electrons. The van der Waals surface area contributed by atoms with Crippen molar-refractivity contribution in [3.8, 4) is 0 Å². The SMILES string of the molecule is COCCOC(=O)C1=C(C)NC2=C(C(=O)CCC2)[C@H]1c1ccc(Cl)cc1. The molecule has 138 valence electrons. The lowest BCUT2D eigenvalue weighted by molar-refractivity contribution is -0.140. The van der Waals surface area contributed by atoms with Crippen LogP contribution in [0.4, 0.5) is 0 Å². The number of ether oxygens (including phenoxy) is 2. The van der Waals surface area contributed by atoms with Gasteiger partial charge in [-0.05, 0) is 37.5 Å². The van der Waals surface area contributed by atoms with E-state index in [1.165, 1.54) is 0 Å². The molecular weight excluding hydrogens is 354 g/mol. The summed E-state index contributed by atoms with van der Waals surface area (Å²) in [5.41, 5.74) is 3.63. The van der Waals surface area contributed by atoms with E-state index in [1.54, 1.807) is 19.2 Å². The molecule has 1 aliphatic carbocycles. The van der Waals surface area contributed by atoms with Crippen molar-refractivity contribution in [1.29, 1.82) is 0 Å². The number of ketones is 1. The second-order valence-corrected chi connectivity index (χ2v) is 6.88. The first kappa shape index (κ1) is 18.7. The highest BCUT2D eigenvalue weighted by Gasteiger charge is 2.38. The Balaban J connectivity index is 2.04. The zero-order valence-electron chi connectivity index (χ0n) is 14.9. The minimum Gasteiger partial charge on any atom is -0.460 e. The number of esters is 1. The molecule has 0 spiro atoms. The van der Waals surface area contributed by atoms with Gasteiger partial charge in [0.15, 0.2) is 5.78 Å². The summed E-state index contributed by atoms with van der Waals surface area (Å²) in [6.45, 7) is 2.34. The highest BCUT2D eigenvalue weighted by atomic mass is 35.5. The van der Waals surface area contributed by atoms with Crippen molar-refractivity contribution in [2.45, 2.75) is 32.1 Å². The van der Waals surface area contributed by atoms with Crippen molar-refractivity contribution in [2.75, 3.05) is 20.3 Å². The second-order valence-electron chi connectivity index (χ2n) is 6.45. The number of methoxy groups -OCH3 is 1. The Labute approximate surface area is 158 Å². The van der Waals surface area contributed by atoms with E-state index >= 15 is 0 Å². The van der Waals surface area contributed by atoms with Gasteiger partial charge in [-0.1, -0.05) is 23.7 Å². The first-order valence-electron chi connectivity index (χ1n) is 8.68. The Bertz CT molecular complexity index is 780. The molecule has 0 unspecified atom stereocenters. The number of dihydropyridines is 1. The number of nitrogens with one attached hydrogen (secondary N) is 1. The van der Waals surface area contributed by atoms with Gasteiger partial charge in [-0.3, -0.25) is 4.79 Å². The lowest BCUT2D eigenvalue weighted by Crippen LogP contribution is -2.34. The van der Waals surface area contributed by atoms with Crippen LogP contribution in [0.25, 0.3) is 0 Å². The van der Waals surface area contributed by atoms with Gasteiger partial charge >= 0.3 is 5.97 Å². The van der Waals surface area contributed by atoms with Crippen molar-refractivity contribution in [1.82, 2.24) is 5.32 Å². The maximum atomic E-state index is 12.8. The first-order valence-corrected chi connectivity index (χ1v) is 9.06. The molecule has 1 heterocycles. The molecule has 0 bridgehead atoms. The van der Waals surface area contributed by atoms with Gasteiger partial charge in [0.1, 0.15) is 6.61 Å². The maximum Gasteiger partial charge on any atom is 0.336 e. The van der Waals surface area contributed by atoms with Gasteiger partial charge in [0, 0.05) is 41.4 Å². The van der Waals surface area contributed by atoms with Gasteiger partial charge in [-0.15, -0.1) is 0 Å². The normalized spacial score (nSPS) is 20.0. The highest BCUT2D eigenvalue weighted by Crippen LogP contribution is 2.42. The Hall–Kier alpha value is -2.11. The molecule has 1 aliphatic heterocycles. The third-order valence-electron chi connectivity index (χ3n) is 4.72. The molecule has 6 heteroatoms. The summed E-state index contributed by atoms with van der Waals surface area (Å²) in [4.78, 5) is 25.5. The van der Waals surface area contributed by atoms with Gasteiger partial charge < -0.3 is 14.8 Å². The lowest BCUT2D eigenvalue weighted by Gasteiger charge is -2.34. The molecule has 0 saturated carbocycles. The molecule has 26 heavy (non-hydrogen) atoms. The fourth-order valence-corrected chi connectivity index (χ4v) is 3.66. The quantitative estimate of drug-likeness (QED) is 0.630. The van der Waals surface area contributed by atoms with E-state index in [2.05, 4.69) is 5.32 Å². The molecular formula is C20H22ClNO4. The van der Waals surface area contributed by atoms with Gasteiger partial charge in [-0.2, -0.15) is 0 Å². The van der Waals surface area contributed by atoms with Crippen LogP contribution >= 0.6 is 11.6 Å². The smallest absolute Gasteiger partial charge is 0.336 e. The van der Waals surface area contributed by atoms with Crippen LogP contribution in [0.15, 0.2) is 46.8 Å². The first-order chi connectivity index (χ1) is 12.5. The largest absolute Gasteiger partial charge is 0.460 e. The minimum absolute atomic E-state index is 0.0772. The van der Waals surface area contributed by atoms with E-state index < -0.39 is 11.9 Å². The fraction of sp³-hybridized carbons (Fsp3) is 0.400. The van der Waals surface area contributed by atoms with Crippen molar-refractivity contribution in [3.05, 3.63) is 57.4 Å². The molecule has 0 aromatic heterocycles. The van der Waals surface area contributed by atoms with Crippen LogP contribution in [0.1, 0.15) is 37.7 Å². The average Bonchev–Trinajstić information content (AvgIpc) is 2.61. The van der Waals surface area contributed by atoms with Crippen LogP contribution in [-0.4, -0.2) is 32.1 Å². The number of Topliss-reactive ketones (excluding diaryl/α,β-unsaturated/α-hetero) is 1. The van der Waals surface area contributed by atoms with Gasteiger partial charge in [0.2, 0.25) is 0 Å². The average molecular weight is 376 g/mol. The van der Waals surface area contributed by atoms with E-state index in [0.29, 0.717) is 29.2 Å². The number of hydrogen-bond acceptors (Lipinski definition) is 5. The van der Waals surface area contributed by atoms with Crippen LogP contribution in [0, 0.1) is 0 Å². The number of carbonyl (C=O) groups excluding carboxylic acids is 2. The Morgan fingerprint density at radius 2 is 1.96 bits per heavy atom. The highest BCUT2D eigenvalue weighted by molar-refractivity contribution is 6.30. The Kier molecular flexibility index (Phi) is 5.79. The summed E-state index contributed by atoms with van der Waals surface area (Å²) in [5.74, 6) is -0.795. The van der Waals surface area contributed by atoms with Crippen molar-refractivity contribution >= 4 is 23.4 Å². The van der Waals surface area contributed by atoms with Crippen LogP contribution in [0.5, 0.6) is 0 Å². The summed E-state index contributed by atoms with van der Waals surface area (Å²) < 4.78 is 10.3. The van der Waals surface area contributed by atoms with Crippen LogP contribution in [0.2, 0.25) is 5.02 Å². The molecule has 1 aromatic carbocycles. The predicted octanol–water partition coefficient (Wildman–Crippen LogP) is 3.50. The fourth-order valence-electron chi connectivity index (χ4n) is 3.54. The summed E-state index contributed by atoms with van der Waals surface area (Å²) in [5, 5.41) is 3.87. The van der Waals surface area contributed by atoms with E-state index in [9.17, 15) is 9.59 Å². The van der Waals surface area contributed by atoms with E-state index in [1.807, 2.05) is 19.1 Å². The molecule has 0 amide bonds. The van der Waals surface area contributed by atoms with Crippen LogP contribution in [-0.2, 0) is 19.1 Å². The molecule has 1 atom stereocenters. The third kappa shape index (κ3) is 3.69. The number of carbonyl (C=O) groups is 2. The van der Waals surface area contributed by atoms with Crippen molar-refractivity contribution in [3.63, 3.8) is 0 Å². The summed E-state index contributed by atoms with van der Waals surface area (Å²) in [7, 11) is 1.55. The third-order valence-corrected chi connectivity index (χ3v) is 4.97. The lowest BCUT2D eigenvalue weighted by atomic mass is 9.75. The topological polar surface area (TPSA) is 64.6 Å². The Morgan fingerprint density at radius 3 is 2.65 bits per heavy atom. The van der Waals surface area contributed by atoms with E-state index in [4.69, 9.17) is 21.1 Å². The second kappa shape index (κ2) is 8.06. The molecule has 2 aliphatic rings. The molecule has 0 saturated heterocycles. The maximum absolute atomic E-state index is 12.8. The van der Waals surface area contributed by atoms with E-state index in [0.717, 1.165) is 29.8 Å². The molecule has 3 rings (SSSR count). The minimum atomic E-state index is -0.439. The standard InChI is InChI=1S/C20H22ClNO4/c1-12-17(20(24)26-11-10-25-2)18(13-6-8-14(21)9-7-13)19-15(22-12)4-3-5-16(19)23/h6-9,18,22H,3-5,10-11H2,1-2H3/t18-/m0/s1. The van der Waals surface area contributed by atoms with Gasteiger partial charge in [0.05, 0.1) is 12.2 Å². The van der Waals surface area contributed by atoms with Gasteiger partial charge in [-0.25, -0.2) is 4.79 Å². The predicted molar refractivity (Wildman–Crippen MR) is 98.7 cm³/mol. The summed E-state index contributed by atoms with van der Waals surface area (Å²) in [6, 6.07) is 7.27. The number of halogens is 1. The van der Waals surface area contributed by atoms with Crippen LogP contribution < -0.4 is 5.32 Å². The molecule has 5 nitrogen and oxygen atoms in total. The monoisotopic (exact) mass is 375 g/mol. The van der Waals surface area contributed by atoms with Gasteiger partial charge in [0.25, 0.3) is 0 Å². The number of rotatable bonds is 5. The number of allylic oxidation sites excluding steroid dienone is 3. The molecule has 1 N–H and O–H groups in total.